The number of carbonyl (C=O) groups excluding carboxylic acids is 1. The van der Waals surface area contributed by atoms with Gasteiger partial charge in [-0.1, -0.05) is 30.3 Å². The van der Waals surface area contributed by atoms with Crippen molar-refractivity contribution in [3.05, 3.63) is 75.2 Å². The van der Waals surface area contributed by atoms with Crippen LogP contribution in [0.1, 0.15) is 35.2 Å². The molecule has 26 heavy (non-hydrogen) atoms. The molecule has 5 heteroatoms. The van der Waals surface area contributed by atoms with Gasteiger partial charge < -0.3 is 10.3 Å². The smallest absolute Gasteiger partial charge is 0.270 e. The monoisotopic (exact) mass is 347 g/mol. The van der Waals surface area contributed by atoms with Gasteiger partial charge in [-0.25, -0.2) is 4.98 Å². The van der Waals surface area contributed by atoms with Crippen LogP contribution in [-0.4, -0.2) is 15.9 Å². The maximum Gasteiger partial charge on any atom is 0.270 e. The summed E-state index contributed by atoms with van der Waals surface area (Å²) in [6.45, 7) is 0.521. The first-order valence-electron chi connectivity index (χ1n) is 9.04. The molecule has 1 aliphatic rings. The summed E-state index contributed by atoms with van der Waals surface area (Å²) in [7, 11) is 0. The Morgan fingerprint density at radius 3 is 2.88 bits per heavy atom. The molecule has 4 rings (SSSR count). The summed E-state index contributed by atoms with van der Waals surface area (Å²) in [6.07, 6.45) is 4.09. The molecule has 1 aromatic heterocycles. The van der Waals surface area contributed by atoms with Crippen molar-refractivity contribution in [1.29, 1.82) is 0 Å². The Morgan fingerprint density at radius 2 is 1.96 bits per heavy atom. The molecular formula is C21H21N3O2. The first-order valence-corrected chi connectivity index (χ1v) is 9.04. The number of carbonyl (C=O) groups is 1. The Bertz CT molecular complexity index is 1020. The molecule has 1 amide bonds. The molecule has 0 saturated carbocycles. The maximum absolute atomic E-state index is 12.1. The van der Waals surface area contributed by atoms with Gasteiger partial charge in [-0.2, -0.15) is 0 Å². The molecule has 5 nitrogen and oxygen atoms in total. The van der Waals surface area contributed by atoms with Crippen LogP contribution < -0.4 is 10.9 Å². The van der Waals surface area contributed by atoms with Gasteiger partial charge in [0, 0.05) is 19.4 Å². The average Bonchev–Trinajstić information content (AvgIpc) is 3.12. The third-order valence-corrected chi connectivity index (χ3v) is 4.91. The van der Waals surface area contributed by atoms with Crippen LogP contribution in [0.25, 0.3) is 11.0 Å². The van der Waals surface area contributed by atoms with E-state index in [4.69, 9.17) is 0 Å². The van der Waals surface area contributed by atoms with Crippen molar-refractivity contribution >= 4 is 16.9 Å². The van der Waals surface area contributed by atoms with E-state index < -0.39 is 0 Å². The van der Waals surface area contributed by atoms with Crippen molar-refractivity contribution in [2.24, 2.45) is 0 Å². The van der Waals surface area contributed by atoms with Gasteiger partial charge in [0.15, 0.2) is 0 Å². The van der Waals surface area contributed by atoms with Crippen LogP contribution >= 0.6 is 0 Å². The molecule has 0 spiro atoms. The number of nitrogens with zero attached hydrogens (tertiary/aromatic N) is 1. The third-order valence-electron chi connectivity index (χ3n) is 4.91. The van der Waals surface area contributed by atoms with Gasteiger partial charge in [0.25, 0.3) is 5.56 Å². The molecule has 2 aromatic carbocycles. The second-order valence-electron chi connectivity index (χ2n) is 6.76. The number of hydrogen-bond donors (Lipinski definition) is 2. The van der Waals surface area contributed by atoms with Gasteiger partial charge in [0.2, 0.25) is 5.91 Å². The highest BCUT2D eigenvalue weighted by atomic mass is 16.1. The minimum atomic E-state index is -0.227. The highest BCUT2D eigenvalue weighted by Gasteiger charge is 2.12. The van der Waals surface area contributed by atoms with E-state index in [0.29, 0.717) is 24.2 Å². The number of aromatic nitrogens is 2. The van der Waals surface area contributed by atoms with Gasteiger partial charge in [0.1, 0.15) is 5.69 Å². The third kappa shape index (κ3) is 3.52. The number of para-hydroxylation sites is 2. The zero-order valence-corrected chi connectivity index (χ0v) is 14.5. The topological polar surface area (TPSA) is 74.8 Å². The number of aromatic amines is 1. The van der Waals surface area contributed by atoms with Crippen molar-refractivity contribution in [2.75, 3.05) is 0 Å². The maximum atomic E-state index is 12.1. The predicted octanol–water partition coefficient (Wildman–Crippen LogP) is 2.66. The number of amides is 1. The van der Waals surface area contributed by atoms with Gasteiger partial charge in [-0.05, 0) is 48.1 Å². The Hall–Kier alpha value is -2.95. The summed E-state index contributed by atoms with van der Waals surface area (Å²) < 4.78 is 0. The van der Waals surface area contributed by atoms with E-state index in [2.05, 4.69) is 33.5 Å². The van der Waals surface area contributed by atoms with Gasteiger partial charge in [-0.15, -0.1) is 0 Å². The lowest BCUT2D eigenvalue weighted by molar-refractivity contribution is -0.121. The number of aryl methyl sites for hydroxylation is 3. The number of nitrogens with one attached hydrogen (secondary N) is 2. The number of H-pyrrole nitrogens is 1. The summed E-state index contributed by atoms with van der Waals surface area (Å²) in [6, 6.07) is 13.8. The van der Waals surface area contributed by atoms with Crippen molar-refractivity contribution < 1.29 is 4.79 Å². The largest absolute Gasteiger partial charge is 0.352 e. The molecule has 3 aromatic rings. The van der Waals surface area contributed by atoms with Crippen molar-refractivity contribution in [2.45, 2.75) is 38.6 Å². The fourth-order valence-electron chi connectivity index (χ4n) is 3.49. The molecule has 0 fully saturated rings. The van der Waals surface area contributed by atoms with E-state index >= 15 is 0 Å². The molecule has 0 bridgehead atoms. The first-order chi connectivity index (χ1) is 12.7. The first kappa shape index (κ1) is 16.5. The summed E-state index contributed by atoms with van der Waals surface area (Å²) in [5, 5.41) is 2.94. The predicted molar refractivity (Wildman–Crippen MR) is 101 cm³/mol. The summed E-state index contributed by atoms with van der Waals surface area (Å²) in [4.78, 5) is 31.4. The minimum Gasteiger partial charge on any atom is -0.352 e. The summed E-state index contributed by atoms with van der Waals surface area (Å²) in [5.74, 6) is -0.0696. The Balaban J connectivity index is 1.35. The van der Waals surface area contributed by atoms with Gasteiger partial charge in [-0.3, -0.25) is 9.59 Å². The van der Waals surface area contributed by atoms with Crippen LogP contribution in [-0.2, 0) is 30.6 Å². The molecule has 0 radical (unpaired) electrons. The van der Waals surface area contributed by atoms with E-state index in [0.717, 1.165) is 23.9 Å². The van der Waals surface area contributed by atoms with E-state index in [1.807, 2.05) is 24.3 Å². The molecular weight excluding hydrogens is 326 g/mol. The van der Waals surface area contributed by atoms with Gasteiger partial charge in [0.05, 0.1) is 11.0 Å². The van der Waals surface area contributed by atoms with Crippen LogP contribution in [0.4, 0.5) is 0 Å². The zero-order chi connectivity index (χ0) is 17.9. The normalized spacial score (nSPS) is 12.9. The fourth-order valence-corrected chi connectivity index (χ4v) is 3.49. The van der Waals surface area contributed by atoms with Crippen LogP contribution in [0.3, 0.4) is 0 Å². The van der Waals surface area contributed by atoms with E-state index in [1.54, 1.807) is 0 Å². The molecule has 0 unspecified atom stereocenters. The number of rotatable bonds is 5. The molecule has 2 N–H and O–H groups in total. The average molecular weight is 347 g/mol. The Morgan fingerprint density at radius 1 is 1.12 bits per heavy atom. The zero-order valence-electron chi connectivity index (χ0n) is 14.5. The number of fused-ring (bicyclic) bond motifs is 2. The second kappa shape index (κ2) is 7.12. The molecule has 1 aliphatic carbocycles. The highest BCUT2D eigenvalue weighted by Crippen LogP contribution is 2.22. The fraction of sp³-hybridized carbons (Fsp3) is 0.286. The number of benzene rings is 2. The summed E-state index contributed by atoms with van der Waals surface area (Å²) in [5.41, 5.74) is 5.58. The number of hydrogen-bond acceptors (Lipinski definition) is 3. The molecule has 0 atom stereocenters. The van der Waals surface area contributed by atoms with E-state index in [-0.39, 0.29) is 17.9 Å². The van der Waals surface area contributed by atoms with Crippen LogP contribution in [0.2, 0.25) is 0 Å². The summed E-state index contributed by atoms with van der Waals surface area (Å²) >= 11 is 0. The van der Waals surface area contributed by atoms with E-state index in [9.17, 15) is 9.59 Å². The lowest BCUT2D eigenvalue weighted by Crippen LogP contribution is -2.24. The second-order valence-corrected chi connectivity index (χ2v) is 6.76. The molecule has 132 valence electrons. The van der Waals surface area contributed by atoms with Crippen molar-refractivity contribution in [1.82, 2.24) is 15.3 Å². The van der Waals surface area contributed by atoms with Crippen LogP contribution in [0, 0.1) is 0 Å². The van der Waals surface area contributed by atoms with Gasteiger partial charge >= 0.3 is 0 Å². The van der Waals surface area contributed by atoms with Crippen LogP contribution in [0.5, 0.6) is 0 Å². The van der Waals surface area contributed by atoms with E-state index in [1.165, 1.54) is 17.5 Å². The Labute approximate surface area is 151 Å². The SMILES string of the molecule is O=C(CCc1nc2ccccc2[nH]c1=O)NCc1ccc2c(c1)CCC2. The van der Waals surface area contributed by atoms with Crippen LogP contribution in [0.15, 0.2) is 47.3 Å². The van der Waals surface area contributed by atoms with Crippen molar-refractivity contribution in [3.63, 3.8) is 0 Å². The standard InChI is InChI=1S/C21H21N3O2/c25-20(22-13-14-8-9-15-4-3-5-16(15)12-14)11-10-19-21(26)24-18-7-2-1-6-17(18)23-19/h1-2,6-9,12H,3-5,10-11,13H2,(H,22,25)(H,24,26). The Kier molecular flexibility index (Phi) is 4.52. The molecule has 1 heterocycles. The minimum absolute atomic E-state index is 0.0696. The molecule has 0 aliphatic heterocycles. The lowest BCUT2D eigenvalue weighted by Gasteiger charge is -2.07. The highest BCUT2D eigenvalue weighted by molar-refractivity contribution is 5.76. The molecule has 0 saturated heterocycles. The quantitative estimate of drug-likeness (QED) is 0.745. The lowest BCUT2D eigenvalue weighted by atomic mass is 10.1. The van der Waals surface area contributed by atoms with Crippen molar-refractivity contribution in [3.8, 4) is 0 Å².